The number of para-hydroxylation sites is 2. The van der Waals surface area contributed by atoms with Gasteiger partial charge in [0.1, 0.15) is 0 Å². The second-order valence-electron chi connectivity index (χ2n) is 5.20. The molecule has 0 radical (unpaired) electrons. The highest BCUT2D eigenvalue weighted by atomic mass is 16.1. The number of carbonyl (C=O) groups excluding carboxylic acids is 1. The minimum atomic E-state index is -0.340. The van der Waals surface area contributed by atoms with E-state index in [2.05, 4.69) is 10.1 Å². The Kier molecular flexibility index (Phi) is 2.84. The van der Waals surface area contributed by atoms with Gasteiger partial charge in [-0.05, 0) is 24.3 Å². The zero-order valence-electron chi connectivity index (χ0n) is 12.3. The van der Waals surface area contributed by atoms with Crippen LogP contribution in [0.5, 0.6) is 0 Å². The van der Waals surface area contributed by atoms with Gasteiger partial charge in [0, 0.05) is 6.92 Å². The summed E-state index contributed by atoms with van der Waals surface area (Å²) in [4.78, 5) is 28.5. The molecular weight excluding hydrogens is 292 g/mol. The van der Waals surface area contributed by atoms with Crippen molar-refractivity contribution in [2.45, 2.75) is 6.92 Å². The van der Waals surface area contributed by atoms with E-state index < -0.39 is 0 Å². The second kappa shape index (κ2) is 4.88. The molecule has 0 saturated carbocycles. The molecule has 2 aromatic carbocycles. The van der Waals surface area contributed by atoms with Gasteiger partial charge in [0.05, 0.1) is 16.6 Å². The third-order valence-electron chi connectivity index (χ3n) is 3.69. The largest absolute Gasteiger partial charge is 0.291 e. The SMILES string of the molecule is CC(=O)c1nn(-c2ccccc2)c2nc(=O)c3ccccc3n12. The van der Waals surface area contributed by atoms with E-state index in [4.69, 9.17) is 0 Å². The van der Waals surface area contributed by atoms with Crippen LogP contribution in [0.25, 0.3) is 22.4 Å². The van der Waals surface area contributed by atoms with Crippen molar-refractivity contribution in [1.29, 1.82) is 0 Å². The first-order valence-electron chi connectivity index (χ1n) is 7.14. The average molecular weight is 304 g/mol. The van der Waals surface area contributed by atoms with Crippen LogP contribution in [0.4, 0.5) is 0 Å². The quantitative estimate of drug-likeness (QED) is 0.533. The molecule has 0 atom stereocenters. The van der Waals surface area contributed by atoms with Crippen molar-refractivity contribution in [2.24, 2.45) is 0 Å². The van der Waals surface area contributed by atoms with Gasteiger partial charge >= 0.3 is 0 Å². The first-order valence-corrected chi connectivity index (χ1v) is 7.14. The van der Waals surface area contributed by atoms with Gasteiger partial charge in [-0.25, -0.2) is 0 Å². The van der Waals surface area contributed by atoms with Crippen LogP contribution in [0.1, 0.15) is 17.5 Å². The van der Waals surface area contributed by atoms with Crippen LogP contribution >= 0.6 is 0 Å². The highest BCUT2D eigenvalue weighted by molar-refractivity contribution is 5.93. The van der Waals surface area contributed by atoms with Crippen molar-refractivity contribution >= 4 is 22.5 Å². The Bertz CT molecular complexity index is 1110. The first-order chi connectivity index (χ1) is 11.2. The van der Waals surface area contributed by atoms with Gasteiger partial charge in [-0.15, -0.1) is 5.10 Å². The van der Waals surface area contributed by atoms with Crippen LogP contribution in [0.15, 0.2) is 59.4 Å². The molecule has 0 unspecified atom stereocenters. The Morgan fingerprint density at radius 1 is 1.00 bits per heavy atom. The maximum absolute atomic E-state index is 12.3. The first kappa shape index (κ1) is 13.4. The van der Waals surface area contributed by atoms with Gasteiger partial charge in [0.25, 0.3) is 5.56 Å². The predicted octanol–water partition coefficient (Wildman–Crippen LogP) is 2.24. The summed E-state index contributed by atoms with van der Waals surface area (Å²) >= 11 is 0. The summed E-state index contributed by atoms with van der Waals surface area (Å²) in [5.74, 6) is 0.373. The molecule has 0 amide bonds. The Morgan fingerprint density at radius 3 is 2.43 bits per heavy atom. The molecule has 23 heavy (non-hydrogen) atoms. The highest BCUT2D eigenvalue weighted by Gasteiger charge is 2.18. The van der Waals surface area contributed by atoms with E-state index in [-0.39, 0.29) is 17.2 Å². The van der Waals surface area contributed by atoms with Crippen LogP contribution in [0.3, 0.4) is 0 Å². The summed E-state index contributed by atoms with van der Waals surface area (Å²) < 4.78 is 3.15. The van der Waals surface area contributed by atoms with Crippen LogP contribution in [0.2, 0.25) is 0 Å². The van der Waals surface area contributed by atoms with Crippen LogP contribution in [-0.2, 0) is 0 Å². The summed E-state index contributed by atoms with van der Waals surface area (Å²) in [7, 11) is 0. The Hall–Kier alpha value is -3.28. The van der Waals surface area contributed by atoms with Gasteiger partial charge in [-0.2, -0.15) is 9.67 Å². The van der Waals surface area contributed by atoms with E-state index >= 15 is 0 Å². The standard InChI is InChI=1S/C17H12N4O2/c1-11(22)15-19-21(12-7-3-2-4-8-12)17-18-16(23)13-9-5-6-10-14(13)20(15)17/h2-10H,1H3. The zero-order valence-corrected chi connectivity index (χ0v) is 12.3. The fourth-order valence-electron chi connectivity index (χ4n) is 2.66. The third kappa shape index (κ3) is 1.96. The normalized spacial score (nSPS) is 11.2. The number of nitrogens with zero attached hydrogens (tertiary/aromatic N) is 4. The molecule has 4 aromatic rings. The molecule has 2 aromatic heterocycles. The minimum Gasteiger partial charge on any atom is -0.291 e. The lowest BCUT2D eigenvalue weighted by atomic mass is 10.2. The summed E-state index contributed by atoms with van der Waals surface area (Å²) in [5.41, 5.74) is 1.02. The zero-order chi connectivity index (χ0) is 16.0. The van der Waals surface area contributed by atoms with Crippen molar-refractivity contribution in [3.05, 3.63) is 70.8 Å². The molecule has 2 heterocycles. The fraction of sp³-hybridized carbons (Fsp3) is 0.0588. The van der Waals surface area contributed by atoms with Crippen LogP contribution < -0.4 is 5.56 Å². The molecule has 4 rings (SSSR count). The van der Waals surface area contributed by atoms with Crippen LogP contribution in [0, 0.1) is 0 Å². The van der Waals surface area contributed by atoms with E-state index in [1.165, 1.54) is 11.6 Å². The molecule has 0 aliphatic heterocycles. The van der Waals surface area contributed by atoms with Gasteiger partial charge < -0.3 is 0 Å². The van der Waals surface area contributed by atoms with Gasteiger partial charge in [0.15, 0.2) is 5.78 Å². The fourth-order valence-corrected chi connectivity index (χ4v) is 2.66. The Labute approximate surface area is 130 Å². The number of Topliss-reactive ketones (excluding diaryl/α,β-unsaturated/α-hetero) is 1. The molecule has 0 saturated heterocycles. The lowest BCUT2D eigenvalue weighted by Gasteiger charge is -2.03. The van der Waals surface area contributed by atoms with E-state index in [0.717, 1.165) is 5.69 Å². The Balaban J connectivity index is 2.23. The molecule has 6 nitrogen and oxygen atoms in total. The van der Waals surface area contributed by atoms with Crippen molar-refractivity contribution in [3.8, 4) is 5.69 Å². The number of fused-ring (bicyclic) bond motifs is 3. The summed E-state index contributed by atoms with van der Waals surface area (Å²) in [6.45, 7) is 1.45. The van der Waals surface area contributed by atoms with E-state index in [0.29, 0.717) is 16.7 Å². The van der Waals surface area contributed by atoms with Crippen molar-refractivity contribution < 1.29 is 4.79 Å². The molecular formula is C17H12N4O2. The highest BCUT2D eigenvalue weighted by Crippen LogP contribution is 2.17. The second-order valence-corrected chi connectivity index (χ2v) is 5.20. The smallest absolute Gasteiger partial charge is 0.282 e. The number of aromatic nitrogens is 4. The molecule has 0 spiro atoms. The topological polar surface area (TPSA) is 69.3 Å². The number of ketones is 1. The van der Waals surface area contributed by atoms with Crippen molar-refractivity contribution in [2.75, 3.05) is 0 Å². The monoisotopic (exact) mass is 304 g/mol. The number of benzene rings is 2. The molecule has 0 fully saturated rings. The molecule has 6 heteroatoms. The van der Waals surface area contributed by atoms with E-state index in [1.807, 2.05) is 36.4 Å². The lowest BCUT2D eigenvalue weighted by molar-refractivity contribution is 0.100. The number of carbonyl (C=O) groups is 1. The van der Waals surface area contributed by atoms with Gasteiger partial charge in [-0.3, -0.25) is 14.0 Å². The number of hydrogen-bond acceptors (Lipinski definition) is 4. The summed E-state index contributed by atoms with van der Waals surface area (Å²) in [6.07, 6.45) is 0. The molecule has 0 aliphatic carbocycles. The number of rotatable bonds is 2. The lowest BCUT2D eigenvalue weighted by Crippen LogP contribution is -2.13. The van der Waals surface area contributed by atoms with Gasteiger partial charge in [-0.1, -0.05) is 30.3 Å². The predicted molar refractivity (Wildman–Crippen MR) is 86.1 cm³/mol. The molecule has 0 N–H and O–H groups in total. The molecule has 112 valence electrons. The maximum Gasteiger partial charge on any atom is 0.282 e. The molecule has 0 aliphatic rings. The summed E-state index contributed by atoms with van der Waals surface area (Å²) in [6, 6.07) is 16.4. The summed E-state index contributed by atoms with van der Waals surface area (Å²) in [5, 5.41) is 4.84. The van der Waals surface area contributed by atoms with E-state index in [1.54, 1.807) is 22.6 Å². The average Bonchev–Trinajstić information content (AvgIpc) is 2.96. The number of hydrogen-bond donors (Lipinski definition) is 0. The Morgan fingerprint density at radius 2 is 1.70 bits per heavy atom. The van der Waals surface area contributed by atoms with Crippen molar-refractivity contribution in [3.63, 3.8) is 0 Å². The third-order valence-corrected chi connectivity index (χ3v) is 3.69. The molecule has 0 bridgehead atoms. The van der Waals surface area contributed by atoms with Crippen molar-refractivity contribution in [1.82, 2.24) is 19.2 Å². The van der Waals surface area contributed by atoms with Gasteiger partial charge in [0.2, 0.25) is 11.6 Å². The van der Waals surface area contributed by atoms with Crippen LogP contribution in [-0.4, -0.2) is 24.9 Å². The maximum atomic E-state index is 12.3. The van der Waals surface area contributed by atoms with E-state index in [9.17, 15) is 9.59 Å². The minimum absolute atomic E-state index is 0.194.